The van der Waals surface area contributed by atoms with Gasteiger partial charge in [0, 0.05) is 6.07 Å². The molecule has 1 heterocycles. The van der Waals surface area contributed by atoms with Crippen LogP contribution in [0.1, 0.15) is 17.7 Å². The number of nitrogens with zero attached hydrogens (tertiary/aromatic N) is 3. The highest BCUT2D eigenvalue weighted by Gasteiger charge is 2.24. The third-order valence-electron chi connectivity index (χ3n) is 1.74. The van der Waals surface area contributed by atoms with Crippen LogP contribution in [0.25, 0.3) is 0 Å². The Morgan fingerprint density at radius 2 is 2.25 bits per heavy atom. The summed E-state index contributed by atoms with van der Waals surface area (Å²) in [6.45, 7) is 0. The van der Waals surface area contributed by atoms with Crippen molar-refractivity contribution >= 4 is 5.69 Å². The van der Waals surface area contributed by atoms with Crippen LogP contribution < -0.4 is 0 Å². The molecule has 0 atom stereocenters. The second-order valence-electron chi connectivity index (χ2n) is 2.73. The van der Waals surface area contributed by atoms with E-state index >= 15 is 0 Å². The lowest BCUT2D eigenvalue weighted by Gasteiger charge is -2.03. The molecule has 0 bridgehead atoms. The molecule has 1 aromatic heterocycles. The summed E-state index contributed by atoms with van der Waals surface area (Å²) < 4.78 is 37.4. The fourth-order valence-corrected chi connectivity index (χ4v) is 1.05. The maximum atomic E-state index is 12.9. The molecule has 1 aromatic rings. The molecule has 8 heteroatoms. The molecule has 0 N–H and O–H groups in total. The Bertz CT molecular complexity index is 470. The standard InChI is InChI=1S/C8H4F3N3O2/c9-7(10)4-3-6(14(15)16)5(1-2-12)13-8(4)11/h3,7H,1H2. The summed E-state index contributed by atoms with van der Waals surface area (Å²) >= 11 is 0. The number of rotatable bonds is 3. The van der Waals surface area contributed by atoms with E-state index < -0.39 is 40.7 Å². The first-order chi connectivity index (χ1) is 7.47. The van der Waals surface area contributed by atoms with Crippen molar-refractivity contribution in [2.24, 2.45) is 0 Å². The second-order valence-corrected chi connectivity index (χ2v) is 2.73. The Labute approximate surface area is 87.3 Å². The van der Waals surface area contributed by atoms with Crippen LogP contribution in [0.5, 0.6) is 0 Å². The molecule has 0 unspecified atom stereocenters. The molecule has 0 saturated heterocycles. The van der Waals surface area contributed by atoms with E-state index in [1.165, 1.54) is 6.07 Å². The van der Waals surface area contributed by atoms with Gasteiger partial charge in [-0.1, -0.05) is 0 Å². The highest BCUT2D eigenvalue weighted by atomic mass is 19.3. The fourth-order valence-electron chi connectivity index (χ4n) is 1.05. The van der Waals surface area contributed by atoms with Gasteiger partial charge >= 0.3 is 0 Å². The van der Waals surface area contributed by atoms with Crippen LogP contribution >= 0.6 is 0 Å². The Balaban J connectivity index is 3.38. The van der Waals surface area contributed by atoms with Gasteiger partial charge < -0.3 is 0 Å². The zero-order valence-electron chi connectivity index (χ0n) is 7.65. The van der Waals surface area contributed by atoms with E-state index in [1.807, 2.05) is 0 Å². The average Bonchev–Trinajstić information content (AvgIpc) is 2.17. The average molecular weight is 231 g/mol. The molecule has 0 amide bonds. The smallest absolute Gasteiger partial charge is 0.258 e. The predicted molar refractivity (Wildman–Crippen MR) is 45.1 cm³/mol. The van der Waals surface area contributed by atoms with Crippen molar-refractivity contribution in [2.45, 2.75) is 12.8 Å². The van der Waals surface area contributed by atoms with Gasteiger partial charge in [0.05, 0.1) is 23.0 Å². The Morgan fingerprint density at radius 1 is 1.62 bits per heavy atom. The van der Waals surface area contributed by atoms with Gasteiger partial charge in [0.15, 0.2) is 0 Å². The van der Waals surface area contributed by atoms with Gasteiger partial charge in [0.1, 0.15) is 5.69 Å². The van der Waals surface area contributed by atoms with Crippen LogP contribution in [0.15, 0.2) is 6.07 Å². The SMILES string of the molecule is N#CCc1nc(F)c(C(F)F)cc1[N+](=O)[O-]. The van der Waals surface area contributed by atoms with Crippen LogP contribution in [-0.4, -0.2) is 9.91 Å². The van der Waals surface area contributed by atoms with Crippen molar-refractivity contribution < 1.29 is 18.1 Å². The molecular formula is C8H4F3N3O2. The van der Waals surface area contributed by atoms with E-state index in [4.69, 9.17) is 5.26 Å². The molecular weight excluding hydrogens is 227 g/mol. The highest BCUT2D eigenvalue weighted by molar-refractivity contribution is 5.40. The third-order valence-corrected chi connectivity index (χ3v) is 1.74. The second kappa shape index (κ2) is 4.57. The molecule has 5 nitrogen and oxygen atoms in total. The van der Waals surface area contributed by atoms with Gasteiger partial charge in [-0.25, -0.2) is 13.8 Å². The summed E-state index contributed by atoms with van der Waals surface area (Å²) in [6, 6.07) is 1.94. The number of alkyl halides is 2. The number of aromatic nitrogens is 1. The number of nitriles is 1. The first-order valence-corrected chi connectivity index (χ1v) is 3.96. The van der Waals surface area contributed by atoms with Gasteiger partial charge in [0.25, 0.3) is 12.1 Å². The lowest BCUT2D eigenvalue weighted by molar-refractivity contribution is -0.386. The van der Waals surface area contributed by atoms with Crippen molar-refractivity contribution in [3.63, 3.8) is 0 Å². The minimum atomic E-state index is -3.19. The molecule has 0 radical (unpaired) electrons. The Morgan fingerprint density at radius 3 is 2.69 bits per heavy atom. The van der Waals surface area contributed by atoms with Crippen molar-refractivity contribution in [1.82, 2.24) is 4.98 Å². The topological polar surface area (TPSA) is 79.8 Å². The number of halogens is 3. The summed E-state index contributed by atoms with van der Waals surface area (Å²) in [7, 11) is 0. The van der Waals surface area contributed by atoms with Gasteiger partial charge in [-0.05, 0) is 0 Å². The Kier molecular flexibility index (Phi) is 3.40. The maximum absolute atomic E-state index is 12.9. The molecule has 0 aliphatic heterocycles. The van der Waals surface area contributed by atoms with Crippen molar-refractivity contribution in [3.05, 3.63) is 33.4 Å². The van der Waals surface area contributed by atoms with Gasteiger partial charge in [-0.3, -0.25) is 10.1 Å². The van der Waals surface area contributed by atoms with E-state index in [0.29, 0.717) is 6.07 Å². The van der Waals surface area contributed by atoms with Crippen molar-refractivity contribution in [1.29, 1.82) is 5.26 Å². The van der Waals surface area contributed by atoms with E-state index in [-0.39, 0.29) is 0 Å². The summed E-state index contributed by atoms with van der Waals surface area (Å²) in [5.41, 5.74) is -2.39. The molecule has 1 rings (SSSR count). The zero-order chi connectivity index (χ0) is 12.3. The molecule has 0 aromatic carbocycles. The van der Waals surface area contributed by atoms with Crippen molar-refractivity contribution in [2.75, 3.05) is 0 Å². The monoisotopic (exact) mass is 231 g/mol. The zero-order valence-corrected chi connectivity index (χ0v) is 7.65. The molecule has 0 aliphatic rings. The van der Waals surface area contributed by atoms with Crippen LogP contribution in [0.4, 0.5) is 18.9 Å². The summed E-state index contributed by atoms with van der Waals surface area (Å²) in [5.74, 6) is -1.49. The minimum absolute atomic E-state index is 0.402. The molecule has 0 saturated carbocycles. The van der Waals surface area contributed by atoms with E-state index in [0.717, 1.165) is 0 Å². The fraction of sp³-hybridized carbons (Fsp3) is 0.250. The summed E-state index contributed by atoms with van der Waals surface area (Å²) in [5, 5.41) is 18.8. The largest absolute Gasteiger partial charge is 0.292 e. The van der Waals surface area contributed by atoms with Crippen LogP contribution in [0.3, 0.4) is 0 Å². The van der Waals surface area contributed by atoms with Crippen LogP contribution in [0, 0.1) is 27.4 Å². The first-order valence-electron chi connectivity index (χ1n) is 3.96. The molecule has 0 spiro atoms. The predicted octanol–water partition coefficient (Wildman–Crippen LogP) is 2.13. The highest BCUT2D eigenvalue weighted by Crippen LogP contribution is 2.27. The molecule has 16 heavy (non-hydrogen) atoms. The lowest BCUT2D eigenvalue weighted by atomic mass is 10.2. The number of pyridine rings is 1. The molecule has 0 fully saturated rings. The molecule has 84 valence electrons. The van der Waals surface area contributed by atoms with Crippen LogP contribution in [0.2, 0.25) is 0 Å². The summed E-state index contributed by atoms with van der Waals surface area (Å²) in [6.07, 6.45) is -3.71. The van der Waals surface area contributed by atoms with E-state index in [9.17, 15) is 23.3 Å². The van der Waals surface area contributed by atoms with Gasteiger partial charge in [-0.15, -0.1) is 0 Å². The quantitative estimate of drug-likeness (QED) is 0.453. The van der Waals surface area contributed by atoms with Crippen molar-refractivity contribution in [3.8, 4) is 6.07 Å². The van der Waals surface area contributed by atoms with E-state index in [1.54, 1.807) is 0 Å². The minimum Gasteiger partial charge on any atom is -0.258 e. The lowest BCUT2D eigenvalue weighted by Crippen LogP contribution is -2.04. The van der Waals surface area contributed by atoms with Gasteiger partial charge in [-0.2, -0.15) is 9.65 Å². The maximum Gasteiger partial charge on any atom is 0.292 e. The van der Waals surface area contributed by atoms with E-state index in [2.05, 4.69) is 4.98 Å². The Hall–Kier alpha value is -2.17. The number of hydrogen-bond donors (Lipinski definition) is 0. The normalized spacial score (nSPS) is 10.2. The number of nitro groups is 1. The summed E-state index contributed by atoms with van der Waals surface area (Å²) in [4.78, 5) is 12.5. The van der Waals surface area contributed by atoms with Gasteiger partial charge in [0.2, 0.25) is 5.95 Å². The van der Waals surface area contributed by atoms with Crippen LogP contribution in [-0.2, 0) is 6.42 Å². The molecule has 0 aliphatic carbocycles. The third kappa shape index (κ3) is 2.25. The number of hydrogen-bond acceptors (Lipinski definition) is 4. The first kappa shape index (κ1) is 11.9.